The van der Waals surface area contributed by atoms with Gasteiger partial charge in [0, 0.05) is 10.9 Å². The Balaban J connectivity index is 1.91. The molecule has 1 amide bonds. The second-order valence-electron chi connectivity index (χ2n) is 5.79. The Bertz CT molecular complexity index is 849. The van der Waals surface area contributed by atoms with Crippen LogP contribution < -0.4 is 10.1 Å². The second-order valence-corrected chi connectivity index (χ2v) is 5.79. The van der Waals surface area contributed by atoms with E-state index in [1.54, 1.807) is 0 Å². The summed E-state index contributed by atoms with van der Waals surface area (Å²) in [6.45, 7) is 5.87. The Morgan fingerprint density at radius 2 is 1.78 bits per heavy atom. The molecule has 0 bridgehead atoms. The fourth-order valence-electron chi connectivity index (χ4n) is 2.62. The van der Waals surface area contributed by atoms with Crippen molar-refractivity contribution in [1.29, 1.82) is 0 Å². The molecule has 0 saturated heterocycles. The number of aryl methyl sites for hydroxylation is 1. The van der Waals surface area contributed by atoms with E-state index in [9.17, 15) is 4.79 Å². The van der Waals surface area contributed by atoms with Crippen LogP contribution >= 0.6 is 0 Å². The first-order valence-electron chi connectivity index (χ1n) is 7.70. The first-order chi connectivity index (χ1) is 11.1. The SMILES string of the molecule is Cc1c(C(=O)Nc2ccccc2OC(C)C)[nH]c2ccccc12. The first kappa shape index (κ1) is 15.2. The number of ether oxygens (including phenoxy) is 1. The van der Waals surface area contributed by atoms with Crippen molar-refractivity contribution in [2.45, 2.75) is 26.9 Å². The third-order valence-electron chi connectivity index (χ3n) is 3.69. The zero-order valence-electron chi connectivity index (χ0n) is 13.5. The van der Waals surface area contributed by atoms with Gasteiger partial charge in [0.05, 0.1) is 11.8 Å². The molecule has 2 N–H and O–H groups in total. The van der Waals surface area contributed by atoms with Gasteiger partial charge in [-0.2, -0.15) is 0 Å². The highest BCUT2D eigenvalue weighted by Gasteiger charge is 2.16. The second kappa shape index (κ2) is 6.16. The molecule has 0 aliphatic heterocycles. The first-order valence-corrected chi connectivity index (χ1v) is 7.70. The number of anilines is 1. The van der Waals surface area contributed by atoms with Gasteiger partial charge in [-0.15, -0.1) is 0 Å². The summed E-state index contributed by atoms with van der Waals surface area (Å²) in [6, 6.07) is 15.4. The largest absolute Gasteiger partial charge is 0.489 e. The lowest BCUT2D eigenvalue weighted by Gasteiger charge is -2.14. The summed E-state index contributed by atoms with van der Waals surface area (Å²) in [5.41, 5.74) is 3.15. The van der Waals surface area contributed by atoms with Crippen LogP contribution in [0.15, 0.2) is 48.5 Å². The number of carbonyl (C=O) groups excluding carboxylic acids is 1. The number of nitrogens with one attached hydrogen (secondary N) is 2. The molecule has 2 aromatic carbocycles. The maximum atomic E-state index is 12.6. The van der Waals surface area contributed by atoms with Gasteiger partial charge in [0.25, 0.3) is 5.91 Å². The summed E-state index contributed by atoms with van der Waals surface area (Å²) in [5, 5.41) is 4.00. The average molecular weight is 308 g/mol. The van der Waals surface area contributed by atoms with E-state index in [1.807, 2.05) is 69.3 Å². The summed E-state index contributed by atoms with van der Waals surface area (Å²) in [4.78, 5) is 15.8. The van der Waals surface area contributed by atoms with Crippen molar-refractivity contribution in [2.75, 3.05) is 5.32 Å². The molecular formula is C19H20N2O2. The van der Waals surface area contributed by atoms with Crippen molar-refractivity contribution in [2.24, 2.45) is 0 Å². The number of carbonyl (C=O) groups is 1. The smallest absolute Gasteiger partial charge is 0.272 e. The van der Waals surface area contributed by atoms with Crippen LogP contribution in [0.3, 0.4) is 0 Å². The van der Waals surface area contributed by atoms with Crippen LogP contribution in [-0.2, 0) is 0 Å². The molecule has 1 heterocycles. The van der Waals surface area contributed by atoms with Gasteiger partial charge in [-0.25, -0.2) is 0 Å². The molecule has 4 heteroatoms. The molecule has 0 unspecified atom stereocenters. The minimum absolute atomic E-state index is 0.0443. The van der Waals surface area contributed by atoms with Gasteiger partial charge >= 0.3 is 0 Å². The number of aromatic amines is 1. The topological polar surface area (TPSA) is 54.1 Å². The van der Waals surface area contributed by atoms with Gasteiger partial charge in [-0.3, -0.25) is 4.79 Å². The third-order valence-corrected chi connectivity index (χ3v) is 3.69. The van der Waals surface area contributed by atoms with Crippen molar-refractivity contribution in [3.63, 3.8) is 0 Å². The summed E-state index contributed by atoms with van der Waals surface area (Å²) in [6.07, 6.45) is 0.0443. The monoisotopic (exact) mass is 308 g/mol. The van der Waals surface area contributed by atoms with E-state index >= 15 is 0 Å². The summed E-state index contributed by atoms with van der Waals surface area (Å²) in [5.74, 6) is 0.503. The molecule has 0 aliphatic rings. The van der Waals surface area contributed by atoms with Crippen LogP contribution in [0.5, 0.6) is 5.75 Å². The van der Waals surface area contributed by atoms with Crippen LogP contribution in [-0.4, -0.2) is 17.0 Å². The highest BCUT2D eigenvalue weighted by molar-refractivity contribution is 6.08. The molecule has 118 valence electrons. The molecule has 1 aromatic heterocycles. The minimum atomic E-state index is -0.168. The van der Waals surface area contributed by atoms with E-state index < -0.39 is 0 Å². The van der Waals surface area contributed by atoms with Gasteiger partial charge in [0.15, 0.2) is 0 Å². The molecule has 0 spiro atoms. The predicted octanol–water partition coefficient (Wildman–Crippen LogP) is 4.52. The van der Waals surface area contributed by atoms with Gasteiger partial charge in [-0.05, 0) is 44.5 Å². The average Bonchev–Trinajstić information content (AvgIpc) is 2.86. The zero-order chi connectivity index (χ0) is 16.4. The van der Waals surface area contributed by atoms with Gasteiger partial charge in [0.1, 0.15) is 11.4 Å². The molecule has 3 rings (SSSR count). The van der Waals surface area contributed by atoms with Gasteiger partial charge in [-0.1, -0.05) is 30.3 Å². The quantitative estimate of drug-likeness (QED) is 0.744. The summed E-state index contributed by atoms with van der Waals surface area (Å²) < 4.78 is 5.75. The number of benzene rings is 2. The van der Waals surface area contributed by atoms with Crippen molar-refractivity contribution < 1.29 is 9.53 Å². The van der Waals surface area contributed by atoms with Crippen molar-refractivity contribution in [3.05, 3.63) is 59.8 Å². The van der Waals surface area contributed by atoms with Crippen LogP contribution in [0, 0.1) is 6.92 Å². The summed E-state index contributed by atoms with van der Waals surface area (Å²) in [7, 11) is 0. The highest BCUT2D eigenvalue weighted by atomic mass is 16.5. The number of amides is 1. The van der Waals surface area contributed by atoms with E-state index in [2.05, 4.69) is 10.3 Å². The Morgan fingerprint density at radius 3 is 2.52 bits per heavy atom. The number of H-pyrrole nitrogens is 1. The van der Waals surface area contributed by atoms with E-state index in [4.69, 9.17) is 4.74 Å². The lowest BCUT2D eigenvalue weighted by Crippen LogP contribution is -2.15. The molecule has 0 fully saturated rings. The molecule has 0 saturated carbocycles. The van der Waals surface area contributed by atoms with Crippen LogP contribution in [0.4, 0.5) is 5.69 Å². The van der Waals surface area contributed by atoms with Gasteiger partial charge in [0.2, 0.25) is 0 Å². The van der Waals surface area contributed by atoms with Crippen LogP contribution in [0.2, 0.25) is 0 Å². The van der Waals surface area contributed by atoms with Crippen LogP contribution in [0.1, 0.15) is 29.9 Å². The van der Waals surface area contributed by atoms with Gasteiger partial charge < -0.3 is 15.0 Å². The zero-order valence-corrected chi connectivity index (χ0v) is 13.5. The molecule has 4 nitrogen and oxygen atoms in total. The maximum absolute atomic E-state index is 12.6. The van der Waals surface area contributed by atoms with E-state index in [-0.39, 0.29) is 12.0 Å². The summed E-state index contributed by atoms with van der Waals surface area (Å²) >= 11 is 0. The Hall–Kier alpha value is -2.75. The maximum Gasteiger partial charge on any atom is 0.272 e. The highest BCUT2D eigenvalue weighted by Crippen LogP contribution is 2.27. The van der Waals surface area contributed by atoms with Crippen molar-refractivity contribution >= 4 is 22.5 Å². The van der Waals surface area contributed by atoms with Crippen molar-refractivity contribution in [1.82, 2.24) is 4.98 Å². The van der Waals surface area contributed by atoms with Crippen LogP contribution in [0.25, 0.3) is 10.9 Å². The molecule has 0 radical (unpaired) electrons. The standard InChI is InChI=1S/C19H20N2O2/c1-12(2)23-17-11-7-6-10-16(17)21-19(22)18-13(3)14-8-4-5-9-15(14)20-18/h4-12,20H,1-3H3,(H,21,22). The molecule has 3 aromatic rings. The number of rotatable bonds is 4. The molecule has 0 atom stereocenters. The molecular weight excluding hydrogens is 288 g/mol. The lowest BCUT2D eigenvalue weighted by molar-refractivity contribution is 0.102. The number of para-hydroxylation sites is 3. The Labute approximate surface area is 135 Å². The normalized spacial score (nSPS) is 11.0. The Morgan fingerprint density at radius 1 is 1.09 bits per heavy atom. The Kier molecular flexibility index (Phi) is 4.06. The lowest BCUT2D eigenvalue weighted by atomic mass is 10.1. The van der Waals surface area contributed by atoms with E-state index in [0.717, 1.165) is 16.5 Å². The minimum Gasteiger partial charge on any atom is -0.489 e. The number of fused-ring (bicyclic) bond motifs is 1. The number of hydrogen-bond donors (Lipinski definition) is 2. The predicted molar refractivity (Wildman–Crippen MR) is 93.2 cm³/mol. The third kappa shape index (κ3) is 3.06. The van der Waals surface area contributed by atoms with Crippen molar-refractivity contribution in [3.8, 4) is 5.75 Å². The fraction of sp³-hybridized carbons (Fsp3) is 0.211. The fourth-order valence-corrected chi connectivity index (χ4v) is 2.62. The molecule has 0 aliphatic carbocycles. The van der Waals surface area contributed by atoms with E-state index in [1.165, 1.54) is 0 Å². The number of aromatic nitrogens is 1. The number of hydrogen-bond acceptors (Lipinski definition) is 2. The molecule has 23 heavy (non-hydrogen) atoms. The van der Waals surface area contributed by atoms with E-state index in [0.29, 0.717) is 17.1 Å².